The number of benzene rings is 1. The highest BCUT2D eigenvalue weighted by Crippen LogP contribution is 2.25. The van der Waals surface area contributed by atoms with Crippen molar-refractivity contribution < 1.29 is 17.9 Å². The van der Waals surface area contributed by atoms with E-state index in [-0.39, 0.29) is 10.8 Å². The van der Waals surface area contributed by atoms with Gasteiger partial charge >= 0.3 is 6.09 Å². The molecule has 0 aliphatic rings. The first-order chi connectivity index (χ1) is 12.4. The topological polar surface area (TPSA) is 63.7 Å². The van der Waals surface area contributed by atoms with E-state index >= 15 is 0 Å². The molecule has 0 aromatic heterocycles. The lowest BCUT2D eigenvalue weighted by Gasteiger charge is -2.33. The summed E-state index contributed by atoms with van der Waals surface area (Å²) in [6.07, 6.45) is 5.04. The molecule has 0 saturated heterocycles. The number of carbonyl (C=O) groups excluding carboxylic acids is 1. The lowest BCUT2D eigenvalue weighted by molar-refractivity contribution is 0.0328. The summed E-state index contributed by atoms with van der Waals surface area (Å²) in [5.74, 6) is -0.149. The Morgan fingerprint density at radius 3 is 2.22 bits per heavy atom. The fourth-order valence-electron chi connectivity index (χ4n) is 2.47. The Balaban J connectivity index is 3.32. The van der Waals surface area contributed by atoms with Crippen molar-refractivity contribution in [2.24, 2.45) is 5.92 Å². The molecule has 0 unspecified atom stereocenters. The van der Waals surface area contributed by atoms with Crippen LogP contribution in [0, 0.1) is 12.8 Å². The Morgan fingerprint density at radius 2 is 1.74 bits per heavy atom. The van der Waals surface area contributed by atoms with Crippen molar-refractivity contribution in [3.05, 3.63) is 42.0 Å². The molecule has 6 heteroatoms. The maximum atomic E-state index is 13.2. The van der Waals surface area contributed by atoms with Crippen molar-refractivity contribution in [1.82, 2.24) is 4.31 Å². The van der Waals surface area contributed by atoms with Gasteiger partial charge in [0.2, 0.25) is 0 Å². The molecule has 0 saturated carbocycles. The van der Waals surface area contributed by atoms with Gasteiger partial charge in [0.1, 0.15) is 5.60 Å². The number of unbranched alkanes of at least 4 members (excludes halogenated alkanes) is 1. The predicted molar refractivity (Wildman–Crippen MR) is 109 cm³/mol. The highest BCUT2D eigenvalue weighted by atomic mass is 32.2. The summed E-state index contributed by atoms with van der Waals surface area (Å²) in [5.41, 5.74) is 0.153. The normalized spacial score (nSPS) is 14.8. The fourth-order valence-corrected chi connectivity index (χ4v) is 4.04. The molecule has 1 rings (SSSR count). The monoisotopic (exact) mass is 395 g/mol. The van der Waals surface area contributed by atoms with Crippen molar-refractivity contribution in [3.63, 3.8) is 0 Å². The Morgan fingerprint density at radius 1 is 1.19 bits per heavy atom. The molecule has 1 amide bonds. The van der Waals surface area contributed by atoms with Gasteiger partial charge in [-0.05, 0) is 59.1 Å². The number of carbonyl (C=O) groups is 1. The molecular formula is C21H33NO4S. The summed E-state index contributed by atoms with van der Waals surface area (Å²) in [6.45, 7) is 12.7. The molecular weight excluding hydrogens is 362 g/mol. The molecule has 27 heavy (non-hydrogen) atoms. The first-order valence-electron chi connectivity index (χ1n) is 9.41. The zero-order chi connectivity index (χ0) is 20.8. The number of ether oxygens (including phenoxy) is 1. The third-order valence-electron chi connectivity index (χ3n) is 4.18. The number of rotatable bonds is 7. The van der Waals surface area contributed by atoms with Gasteiger partial charge in [-0.3, -0.25) is 0 Å². The minimum Gasteiger partial charge on any atom is -0.443 e. The largest absolute Gasteiger partial charge is 0.443 e. The Hall–Kier alpha value is -1.82. The highest BCUT2D eigenvalue weighted by Gasteiger charge is 2.38. The molecule has 0 N–H and O–H groups in total. The van der Waals surface area contributed by atoms with Crippen LogP contribution in [0.4, 0.5) is 4.79 Å². The summed E-state index contributed by atoms with van der Waals surface area (Å²) in [6, 6.07) is 5.89. The van der Waals surface area contributed by atoms with Gasteiger partial charge in [-0.25, -0.2) is 13.2 Å². The van der Waals surface area contributed by atoms with E-state index in [4.69, 9.17) is 4.74 Å². The molecule has 152 valence electrons. The minimum absolute atomic E-state index is 0.0792. The van der Waals surface area contributed by atoms with Gasteiger partial charge in [0, 0.05) is 0 Å². The van der Waals surface area contributed by atoms with Crippen LogP contribution in [0.15, 0.2) is 41.3 Å². The maximum Gasteiger partial charge on any atom is 0.424 e. The van der Waals surface area contributed by atoms with Crippen LogP contribution in [0.1, 0.15) is 59.9 Å². The van der Waals surface area contributed by atoms with E-state index in [2.05, 4.69) is 6.92 Å². The molecule has 1 aromatic carbocycles. The SMILES string of the molecule is CCC/C=C/[C@@H](C)[C@@H](C)N(C(=O)OC(C)(C)C)S(=O)(=O)c1ccc(C)cc1. The Labute approximate surface area is 164 Å². The predicted octanol–water partition coefficient (Wildman–Crippen LogP) is 5.30. The highest BCUT2D eigenvalue weighted by molar-refractivity contribution is 7.89. The van der Waals surface area contributed by atoms with Gasteiger partial charge in [0.05, 0.1) is 10.9 Å². The standard InChI is InChI=1S/C21H33NO4S/c1-8-9-10-11-17(3)18(4)22(20(23)26-21(5,6)7)27(24,25)19-14-12-16(2)13-15-19/h10-15,17-18H,8-9H2,1-7H3/b11-10+/t17-,18-/m1/s1. The van der Waals surface area contributed by atoms with E-state index in [1.165, 1.54) is 12.1 Å². The number of nitrogens with zero attached hydrogens (tertiary/aromatic N) is 1. The summed E-state index contributed by atoms with van der Waals surface area (Å²) in [5, 5.41) is 0. The van der Waals surface area contributed by atoms with Crippen molar-refractivity contribution in [3.8, 4) is 0 Å². The maximum absolute atomic E-state index is 13.2. The van der Waals surface area contributed by atoms with Gasteiger partial charge in [0.15, 0.2) is 0 Å². The molecule has 2 atom stereocenters. The van der Waals surface area contributed by atoms with Gasteiger partial charge in [0.25, 0.3) is 10.0 Å². The van der Waals surface area contributed by atoms with E-state index in [1.807, 2.05) is 26.0 Å². The quantitative estimate of drug-likeness (QED) is 0.588. The van der Waals surface area contributed by atoms with Crippen LogP contribution in [0.5, 0.6) is 0 Å². The number of amides is 1. The zero-order valence-corrected chi connectivity index (χ0v) is 18.3. The van der Waals surface area contributed by atoms with Crippen LogP contribution >= 0.6 is 0 Å². The van der Waals surface area contributed by atoms with E-state index in [9.17, 15) is 13.2 Å². The van der Waals surface area contributed by atoms with Crippen molar-refractivity contribution in [1.29, 1.82) is 0 Å². The van der Waals surface area contributed by atoms with Gasteiger partial charge < -0.3 is 4.74 Å². The number of hydrogen-bond donors (Lipinski definition) is 0. The molecule has 0 radical (unpaired) electrons. The van der Waals surface area contributed by atoms with Crippen LogP contribution in [0.3, 0.4) is 0 Å². The molecule has 0 fully saturated rings. The second kappa shape index (κ2) is 9.40. The van der Waals surface area contributed by atoms with Crippen LogP contribution in [0.25, 0.3) is 0 Å². The molecule has 0 heterocycles. The molecule has 1 aromatic rings. The molecule has 0 bridgehead atoms. The molecule has 0 aliphatic heterocycles. The molecule has 5 nitrogen and oxygen atoms in total. The van der Waals surface area contributed by atoms with Crippen molar-refractivity contribution in [2.45, 2.75) is 77.8 Å². The number of sulfonamides is 1. The van der Waals surface area contributed by atoms with Crippen LogP contribution in [-0.2, 0) is 14.8 Å². The second-order valence-electron chi connectivity index (χ2n) is 7.91. The number of allylic oxidation sites excluding steroid dienone is 1. The van der Waals surface area contributed by atoms with E-state index in [0.717, 1.165) is 22.7 Å². The fraction of sp³-hybridized carbons (Fsp3) is 0.571. The third kappa shape index (κ3) is 6.69. The first-order valence-corrected chi connectivity index (χ1v) is 10.8. The average Bonchev–Trinajstić information content (AvgIpc) is 2.53. The van der Waals surface area contributed by atoms with E-state index in [0.29, 0.717) is 0 Å². The van der Waals surface area contributed by atoms with Gasteiger partial charge in [-0.2, -0.15) is 4.31 Å². The van der Waals surface area contributed by atoms with Crippen LogP contribution < -0.4 is 0 Å². The Bertz CT molecular complexity index is 745. The number of aryl methyl sites for hydroxylation is 1. The lowest BCUT2D eigenvalue weighted by Crippen LogP contribution is -2.47. The summed E-state index contributed by atoms with van der Waals surface area (Å²) in [4.78, 5) is 12.9. The van der Waals surface area contributed by atoms with Crippen molar-refractivity contribution in [2.75, 3.05) is 0 Å². The third-order valence-corrected chi connectivity index (χ3v) is 6.04. The van der Waals surface area contributed by atoms with Crippen LogP contribution in [-0.4, -0.2) is 30.5 Å². The van der Waals surface area contributed by atoms with Gasteiger partial charge in [-0.1, -0.05) is 50.1 Å². The Kier molecular flexibility index (Phi) is 8.08. The summed E-state index contributed by atoms with van der Waals surface area (Å²) >= 11 is 0. The average molecular weight is 396 g/mol. The lowest BCUT2D eigenvalue weighted by atomic mass is 10.0. The first kappa shape index (κ1) is 23.2. The number of hydrogen-bond acceptors (Lipinski definition) is 4. The van der Waals surface area contributed by atoms with Crippen LogP contribution in [0.2, 0.25) is 0 Å². The molecule has 0 aliphatic carbocycles. The summed E-state index contributed by atoms with van der Waals surface area (Å²) in [7, 11) is -4.04. The smallest absolute Gasteiger partial charge is 0.424 e. The second-order valence-corrected chi connectivity index (χ2v) is 9.73. The minimum atomic E-state index is -4.04. The molecule has 0 spiro atoms. The van der Waals surface area contributed by atoms with Gasteiger partial charge in [-0.15, -0.1) is 0 Å². The van der Waals surface area contributed by atoms with Crippen molar-refractivity contribution >= 4 is 16.1 Å². The van der Waals surface area contributed by atoms with E-state index in [1.54, 1.807) is 39.8 Å². The zero-order valence-electron chi connectivity index (χ0n) is 17.5. The van der Waals surface area contributed by atoms with E-state index < -0.39 is 27.8 Å². The summed E-state index contributed by atoms with van der Waals surface area (Å²) < 4.78 is 32.8.